The summed E-state index contributed by atoms with van der Waals surface area (Å²) in [7, 11) is 0. The third-order valence-electron chi connectivity index (χ3n) is 3.09. The summed E-state index contributed by atoms with van der Waals surface area (Å²) < 4.78 is 0. The molecule has 6 heteroatoms. The third-order valence-corrected chi connectivity index (χ3v) is 3.09. The molecule has 3 rings (SSSR count). The van der Waals surface area contributed by atoms with Crippen LogP contribution in [0, 0.1) is 10.1 Å². The van der Waals surface area contributed by atoms with Gasteiger partial charge in [-0.15, -0.1) is 0 Å². The fourth-order valence-corrected chi connectivity index (χ4v) is 2.12. The zero-order valence-electron chi connectivity index (χ0n) is 10.6. The first-order chi connectivity index (χ1) is 9.74. The molecule has 0 saturated carbocycles. The van der Waals surface area contributed by atoms with Crippen molar-refractivity contribution in [1.29, 1.82) is 0 Å². The van der Waals surface area contributed by atoms with E-state index in [0.29, 0.717) is 18.7 Å². The fourth-order valence-electron chi connectivity index (χ4n) is 2.12. The van der Waals surface area contributed by atoms with Crippen molar-refractivity contribution in [2.45, 2.75) is 12.8 Å². The summed E-state index contributed by atoms with van der Waals surface area (Å²) >= 11 is 0. The Morgan fingerprint density at radius 1 is 1.30 bits per heavy atom. The lowest BCUT2D eigenvalue weighted by Crippen LogP contribution is -2.12. The highest BCUT2D eigenvalue weighted by Crippen LogP contribution is 2.22. The zero-order valence-corrected chi connectivity index (χ0v) is 10.6. The lowest BCUT2D eigenvalue weighted by atomic mass is 10.2. The van der Waals surface area contributed by atoms with E-state index in [9.17, 15) is 10.1 Å². The standard InChI is InChI=1S/C14H12N4O2/c19-18(20)13-4-2-8-16-14(13)17-11-5-6-12-10(9-11)3-1-7-15-12/h1,3,5-9,17H,2,4H2. The molecule has 0 bridgehead atoms. The molecule has 0 unspecified atom stereocenters. The van der Waals surface area contributed by atoms with Crippen molar-refractivity contribution in [3.05, 3.63) is 58.2 Å². The van der Waals surface area contributed by atoms with Crippen molar-refractivity contribution in [2.24, 2.45) is 4.99 Å². The van der Waals surface area contributed by atoms with Crippen LogP contribution in [-0.2, 0) is 0 Å². The second kappa shape index (κ2) is 5.08. The molecule has 2 aromatic rings. The molecular weight excluding hydrogens is 256 g/mol. The van der Waals surface area contributed by atoms with E-state index in [1.165, 1.54) is 0 Å². The summed E-state index contributed by atoms with van der Waals surface area (Å²) in [6.07, 6.45) is 4.42. The number of allylic oxidation sites excluding steroid dienone is 1. The van der Waals surface area contributed by atoms with Gasteiger partial charge in [0.25, 0.3) is 5.70 Å². The van der Waals surface area contributed by atoms with E-state index in [0.717, 1.165) is 16.6 Å². The van der Waals surface area contributed by atoms with E-state index in [-0.39, 0.29) is 10.6 Å². The number of pyridine rings is 1. The Bertz CT molecular complexity index is 737. The third kappa shape index (κ3) is 2.35. The molecular formula is C14H12N4O2. The number of nitrogens with zero attached hydrogens (tertiary/aromatic N) is 3. The van der Waals surface area contributed by atoms with Crippen molar-refractivity contribution in [1.82, 2.24) is 4.98 Å². The second-order valence-corrected chi connectivity index (χ2v) is 4.44. The highest BCUT2D eigenvalue weighted by atomic mass is 16.6. The summed E-state index contributed by atoms with van der Waals surface area (Å²) in [5.41, 5.74) is 1.77. The molecule has 1 aromatic carbocycles. The number of benzene rings is 1. The molecule has 0 radical (unpaired) electrons. The lowest BCUT2D eigenvalue weighted by Gasteiger charge is -2.11. The van der Waals surface area contributed by atoms with Crippen molar-refractivity contribution in [3.63, 3.8) is 0 Å². The van der Waals surface area contributed by atoms with Gasteiger partial charge in [0.1, 0.15) is 0 Å². The van der Waals surface area contributed by atoms with Crippen LogP contribution in [0.3, 0.4) is 0 Å². The van der Waals surface area contributed by atoms with Crippen LogP contribution in [0.15, 0.2) is 53.0 Å². The number of hydrogen-bond donors (Lipinski definition) is 1. The molecule has 1 aromatic heterocycles. The van der Waals surface area contributed by atoms with Crippen LogP contribution in [0.1, 0.15) is 12.8 Å². The van der Waals surface area contributed by atoms with Crippen molar-refractivity contribution in [2.75, 3.05) is 5.32 Å². The molecule has 0 amide bonds. The maximum Gasteiger partial charge on any atom is 0.288 e. The molecule has 0 saturated heterocycles. The largest absolute Gasteiger partial charge is 0.335 e. The number of anilines is 1. The van der Waals surface area contributed by atoms with Crippen molar-refractivity contribution >= 4 is 22.8 Å². The Balaban J connectivity index is 1.96. The molecule has 1 aliphatic rings. The minimum atomic E-state index is -0.374. The van der Waals surface area contributed by atoms with Crippen LogP contribution in [0.2, 0.25) is 0 Å². The molecule has 0 atom stereocenters. The topological polar surface area (TPSA) is 80.4 Å². The van der Waals surface area contributed by atoms with Gasteiger partial charge < -0.3 is 5.32 Å². The van der Waals surface area contributed by atoms with Gasteiger partial charge in [0, 0.05) is 29.9 Å². The van der Waals surface area contributed by atoms with E-state index in [4.69, 9.17) is 0 Å². The van der Waals surface area contributed by atoms with E-state index < -0.39 is 0 Å². The quantitative estimate of drug-likeness (QED) is 0.685. The van der Waals surface area contributed by atoms with Gasteiger partial charge in [0.05, 0.1) is 10.4 Å². The average molecular weight is 268 g/mol. The summed E-state index contributed by atoms with van der Waals surface area (Å²) in [4.78, 5) is 18.9. The average Bonchev–Trinajstić information content (AvgIpc) is 2.47. The van der Waals surface area contributed by atoms with Crippen LogP contribution >= 0.6 is 0 Å². The SMILES string of the molecule is O=[N+]([O-])C1=C(Nc2ccc3ncccc3c2)N=CCC1. The van der Waals surface area contributed by atoms with Gasteiger partial charge in [-0.2, -0.15) is 0 Å². The normalized spacial score (nSPS) is 14.6. The molecule has 0 fully saturated rings. The number of aliphatic imine (C=N–C) groups is 1. The molecule has 6 nitrogen and oxygen atoms in total. The van der Waals surface area contributed by atoms with Crippen molar-refractivity contribution < 1.29 is 4.92 Å². The smallest absolute Gasteiger partial charge is 0.288 e. The van der Waals surface area contributed by atoms with Crippen LogP contribution in [0.4, 0.5) is 5.69 Å². The van der Waals surface area contributed by atoms with Crippen LogP contribution in [0.25, 0.3) is 10.9 Å². The molecule has 0 aliphatic carbocycles. The first-order valence-electron chi connectivity index (χ1n) is 6.26. The molecule has 100 valence electrons. The summed E-state index contributed by atoms with van der Waals surface area (Å²) in [5, 5.41) is 15.0. The molecule has 2 heterocycles. The van der Waals surface area contributed by atoms with Gasteiger partial charge in [-0.25, -0.2) is 4.99 Å². The maximum absolute atomic E-state index is 11.0. The molecule has 1 aliphatic heterocycles. The predicted molar refractivity (Wildman–Crippen MR) is 77.1 cm³/mol. The Kier molecular flexibility index (Phi) is 3.12. The van der Waals surface area contributed by atoms with Crippen LogP contribution in [-0.4, -0.2) is 16.1 Å². The Morgan fingerprint density at radius 2 is 2.20 bits per heavy atom. The summed E-state index contributed by atoms with van der Waals surface area (Å²) in [5.74, 6) is 0.310. The van der Waals surface area contributed by atoms with E-state index in [2.05, 4.69) is 15.3 Å². The Morgan fingerprint density at radius 3 is 3.05 bits per heavy atom. The highest BCUT2D eigenvalue weighted by molar-refractivity contribution is 5.82. The predicted octanol–water partition coefficient (Wildman–Crippen LogP) is 2.96. The minimum Gasteiger partial charge on any atom is -0.335 e. The van der Waals surface area contributed by atoms with Crippen LogP contribution in [0.5, 0.6) is 0 Å². The van der Waals surface area contributed by atoms with Crippen LogP contribution < -0.4 is 5.32 Å². The van der Waals surface area contributed by atoms with Gasteiger partial charge in [-0.1, -0.05) is 6.07 Å². The minimum absolute atomic E-state index is 0.124. The van der Waals surface area contributed by atoms with Gasteiger partial charge in [-0.05, 0) is 30.7 Å². The maximum atomic E-state index is 11.0. The lowest BCUT2D eigenvalue weighted by molar-refractivity contribution is -0.429. The Hall–Kier alpha value is -2.76. The van der Waals surface area contributed by atoms with Gasteiger partial charge in [0.2, 0.25) is 5.82 Å². The summed E-state index contributed by atoms with van der Waals surface area (Å²) in [6.45, 7) is 0. The first-order valence-corrected chi connectivity index (χ1v) is 6.26. The monoisotopic (exact) mass is 268 g/mol. The van der Waals surface area contributed by atoms with Crippen molar-refractivity contribution in [3.8, 4) is 0 Å². The van der Waals surface area contributed by atoms with E-state index in [1.807, 2.05) is 30.3 Å². The van der Waals surface area contributed by atoms with Gasteiger partial charge >= 0.3 is 0 Å². The highest BCUT2D eigenvalue weighted by Gasteiger charge is 2.20. The number of nitrogens with one attached hydrogen (secondary N) is 1. The molecule has 0 spiro atoms. The number of rotatable bonds is 3. The van der Waals surface area contributed by atoms with Gasteiger partial charge in [0.15, 0.2) is 0 Å². The molecule has 1 N–H and O–H groups in total. The number of hydrogen-bond acceptors (Lipinski definition) is 5. The number of aromatic nitrogens is 1. The Labute approximate surface area is 115 Å². The molecule has 20 heavy (non-hydrogen) atoms. The number of nitro groups is 1. The zero-order chi connectivity index (χ0) is 13.9. The fraction of sp³-hybridized carbons (Fsp3) is 0.143. The second-order valence-electron chi connectivity index (χ2n) is 4.44. The van der Waals surface area contributed by atoms with E-state index >= 15 is 0 Å². The van der Waals surface area contributed by atoms with Gasteiger partial charge in [-0.3, -0.25) is 15.1 Å². The summed E-state index contributed by atoms with van der Waals surface area (Å²) in [6, 6.07) is 9.41. The van der Waals surface area contributed by atoms with E-state index in [1.54, 1.807) is 12.4 Å². The number of fused-ring (bicyclic) bond motifs is 1. The first kappa shape index (κ1) is 12.3.